The maximum atomic E-state index is 13.1. The fourth-order valence-electron chi connectivity index (χ4n) is 3.43. The molecule has 1 aliphatic heterocycles. The summed E-state index contributed by atoms with van der Waals surface area (Å²) in [6.07, 6.45) is 4.70. The van der Waals surface area contributed by atoms with Crippen molar-refractivity contribution in [3.8, 4) is 5.69 Å². The van der Waals surface area contributed by atoms with E-state index >= 15 is 0 Å². The topological polar surface area (TPSA) is 54.3 Å². The maximum Gasteiger partial charge on any atom is 0.255 e. The Hall–Kier alpha value is -2.93. The molecule has 1 aliphatic rings. The summed E-state index contributed by atoms with van der Waals surface area (Å²) in [6, 6.07) is 10.2. The average Bonchev–Trinajstić information content (AvgIpc) is 3.23. The standard InChI is InChI=1S/C20H19ClFN5O/c1-14-13-25(9-10-26(14)19-6-3-15(22)12-23-19)20(28)17-11-16(4-5-18(17)21)27-8-2-7-24-27/h2-8,11-12,14H,9-10,13H2,1H3. The first kappa shape index (κ1) is 18.4. The minimum atomic E-state index is -0.364. The zero-order chi connectivity index (χ0) is 19.7. The van der Waals surface area contributed by atoms with E-state index in [1.165, 1.54) is 12.3 Å². The molecule has 3 aromatic rings. The molecule has 0 N–H and O–H groups in total. The van der Waals surface area contributed by atoms with Crippen LogP contribution in [0.4, 0.5) is 10.2 Å². The smallest absolute Gasteiger partial charge is 0.255 e. The van der Waals surface area contributed by atoms with Crippen molar-refractivity contribution >= 4 is 23.3 Å². The number of hydrogen-bond acceptors (Lipinski definition) is 4. The Kier molecular flexibility index (Phi) is 5.00. The number of carbonyl (C=O) groups is 1. The molecule has 1 atom stereocenters. The number of hydrogen-bond donors (Lipinski definition) is 0. The van der Waals surface area contributed by atoms with Crippen LogP contribution in [0.25, 0.3) is 5.69 Å². The predicted octanol–water partition coefficient (Wildman–Crippen LogP) is 3.41. The van der Waals surface area contributed by atoms with E-state index in [9.17, 15) is 9.18 Å². The third-order valence-corrected chi connectivity index (χ3v) is 5.20. The number of halogens is 2. The van der Waals surface area contributed by atoms with Gasteiger partial charge in [0.1, 0.15) is 11.6 Å². The first-order valence-electron chi connectivity index (χ1n) is 9.00. The predicted molar refractivity (Wildman–Crippen MR) is 105 cm³/mol. The lowest BCUT2D eigenvalue weighted by atomic mass is 10.1. The van der Waals surface area contributed by atoms with E-state index in [1.807, 2.05) is 25.3 Å². The highest BCUT2D eigenvalue weighted by Crippen LogP contribution is 2.24. The number of benzene rings is 1. The monoisotopic (exact) mass is 399 g/mol. The summed E-state index contributed by atoms with van der Waals surface area (Å²) in [4.78, 5) is 21.1. The number of carbonyl (C=O) groups excluding carboxylic acids is 1. The number of amides is 1. The fraction of sp³-hybridized carbons (Fsp3) is 0.250. The Bertz CT molecular complexity index is 977. The molecule has 0 saturated carbocycles. The quantitative estimate of drug-likeness (QED) is 0.677. The highest BCUT2D eigenvalue weighted by atomic mass is 35.5. The van der Waals surface area contributed by atoms with Gasteiger partial charge in [0.2, 0.25) is 0 Å². The van der Waals surface area contributed by atoms with Gasteiger partial charge < -0.3 is 9.80 Å². The molecule has 4 rings (SSSR count). The Morgan fingerprint density at radius 3 is 2.79 bits per heavy atom. The van der Waals surface area contributed by atoms with E-state index in [0.29, 0.717) is 36.0 Å². The van der Waals surface area contributed by atoms with E-state index < -0.39 is 0 Å². The number of piperazine rings is 1. The van der Waals surface area contributed by atoms with Crippen molar-refractivity contribution in [3.63, 3.8) is 0 Å². The molecule has 1 amide bonds. The number of nitrogens with zero attached hydrogens (tertiary/aromatic N) is 5. The van der Waals surface area contributed by atoms with E-state index in [4.69, 9.17) is 11.6 Å². The summed E-state index contributed by atoms with van der Waals surface area (Å²) in [7, 11) is 0. The van der Waals surface area contributed by atoms with Gasteiger partial charge in [-0.15, -0.1) is 0 Å². The molecule has 2 aromatic heterocycles. The van der Waals surface area contributed by atoms with Gasteiger partial charge in [0.15, 0.2) is 0 Å². The van der Waals surface area contributed by atoms with Crippen LogP contribution in [0.2, 0.25) is 5.02 Å². The van der Waals surface area contributed by atoms with Gasteiger partial charge in [0.05, 0.1) is 22.5 Å². The lowest BCUT2D eigenvalue weighted by Crippen LogP contribution is -2.54. The minimum absolute atomic E-state index is 0.0451. The summed E-state index contributed by atoms with van der Waals surface area (Å²) < 4.78 is 14.8. The van der Waals surface area contributed by atoms with Crippen molar-refractivity contribution in [2.24, 2.45) is 0 Å². The van der Waals surface area contributed by atoms with Crippen LogP contribution >= 0.6 is 11.6 Å². The van der Waals surface area contributed by atoms with Crippen molar-refractivity contribution in [2.75, 3.05) is 24.5 Å². The Morgan fingerprint density at radius 2 is 2.11 bits per heavy atom. The normalized spacial score (nSPS) is 17.0. The molecular weight excluding hydrogens is 381 g/mol. The van der Waals surface area contributed by atoms with Crippen molar-refractivity contribution in [2.45, 2.75) is 13.0 Å². The van der Waals surface area contributed by atoms with Gasteiger partial charge in [-0.25, -0.2) is 14.1 Å². The summed E-state index contributed by atoms with van der Waals surface area (Å²) in [5, 5.41) is 4.61. The third kappa shape index (κ3) is 3.57. The van der Waals surface area contributed by atoms with Gasteiger partial charge in [-0.1, -0.05) is 11.6 Å². The highest BCUT2D eigenvalue weighted by Gasteiger charge is 2.29. The Morgan fingerprint density at radius 1 is 1.25 bits per heavy atom. The Labute approximate surface area is 167 Å². The Balaban J connectivity index is 1.52. The molecule has 144 valence electrons. The molecule has 1 aromatic carbocycles. The number of aromatic nitrogens is 3. The zero-order valence-electron chi connectivity index (χ0n) is 15.3. The van der Waals surface area contributed by atoms with Gasteiger partial charge in [-0.3, -0.25) is 4.79 Å². The second kappa shape index (κ2) is 7.59. The molecule has 6 nitrogen and oxygen atoms in total. The molecule has 1 fully saturated rings. The first-order valence-corrected chi connectivity index (χ1v) is 9.38. The van der Waals surface area contributed by atoms with E-state index in [-0.39, 0.29) is 17.8 Å². The largest absolute Gasteiger partial charge is 0.350 e. The van der Waals surface area contributed by atoms with Crippen molar-refractivity contribution in [1.82, 2.24) is 19.7 Å². The van der Waals surface area contributed by atoms with Crippen LogP contribution in [0.5, 0.6) is 0 Å². The van der Waals surface area contributed by atoms with Gasteiger partial charge in [0.25, 0.3) is 5.91 Å². The highest BCUT2D eigenvalue weighted by molar-refractivity contribution is 6.33. The van der Waals surface area contributed by atoms with E-state index in [1.54, 1.807) is 34.0 Å². The molecule has 28 heavy (non-hydrogen) atoms. The summed E-state index contributed by atoms with van der Waals surface area (Å²) in [5.41, 5.74) is 1.23. The summed E-state index contributed by atoms with van der Waals surface area (Å²) in [5.74, 6) is 0.231. The van der Waals surface area contributed by atoms with Crippen LogP contribution in [0.1, 0.15) is 17.3 Å². The van der Waals surface area contributed by atoms with Crippen LogP contribution in [-0.2, 0) is 0 Å². The number of anilines is 1. The van der Waals surface area contributed by atoms with Crippen LogP contribution in [-0.4, -0.2) is 51.2 Å². The lowest BCUT2D eigenvalue weighted by Gasteiger charge is -2.40. The van der Waals surface area contributed by atoms with E-state index in [0.717, 1.165) is 5.69 Å². The SMILES string of the molecule is CC1CN(C(=O)c2cc(-n3cccn3)ccc2Cl)CCN1c1ccc(F)cn1. The minimum Gasteiger partial charge on any atom is -0.350 e. The average molecular weight is 400 g/mol. The third-order valence-electron chi connectivity index (χ3n) is 4.87. The van der Waals surface area contributed by atoms with Crippen molar-refractivity contribution in [1.29, 1.82) is 0 Å². The fourth-order valence-corrected chi connectivity index (χ4v) is 3.63. The van der Waals surface area contributed by atoms with Crippen LogP contribution < -0.4 is 4.90 Å². The maximum absolute atomic E-state index is 13.1. The van der Waals surface area contributed by atoms with Crippen LogP contribution in [0.3, 0.4) is 0 Å². The van der Waals surface area contributed by atoms with E-state index in [2.05, 4.69) is 15.0 Å². The molecule has 1 unspecified atom stereocenters. The van der Waals surface area contributed by atoms with Gasteiger partial charge in [0, 0.05) is 38.1 Å². The molecule has 3 heterocycles. The molecule has 0 spiro atoms. The molecule has 0 bridgehead atoms. The molecular formula is C20H19ClFN5O. The summed E-state index contributed by atoms with van der Waals surface area (Å²) in [6.45, 7) is 3.69. The number of rotatable bonds is 3. The van der Waals surface area contributed by atoms with Crippen LogP contribution in [0, 0.1) is 5.82 Å². The van der Waals surface area contributed by atoms with Crippen molar-refractivity contribution < 1.29 is 9.18 Å². The van der Waals surface area contributed by atoms with Gasteiger partial charge in [-0.05, 0) is 43.3 Å². The number of pyridine rings is 1. The first-order chi connectivity index (χ1) is 13.5. The van der Waals surface area contributed by atoms with Gasteiger partial charge in [-0.2, -0.15) is 5.10 Å². The molecule has 8 heteroatoms. The lowest BCUT2D eigenvalue weighted by molar-refractivity contribution is 0.0726. The van der Waals surface area contributed by atoms with Crippen molar-refractivity contribution in [3.05, 3.63) is 71.4 Å². The second-order valence-electron chi connectivity index (χ2n) is 6.74. The molecule has 0 radical (unpaired) electrons. The zero-order valence-corrected chi connectivity index (χ0v) is 16.1. The second-order valence-corrected chi connectivity index (χ2v) is 7.15. The molecule has 1 saturated heterocycles. The summed E-state index contributed by atoms with van der Waals surface area (Å²) >= 11 is 6.31. The van der Waals surface area contributed by atoms with Gasteiger partial charge >= 0.3 is 0 Å². The van der Waals surface area contributed by atoms with Crippen LogP contribution in [0.15, 0.2) is 55.0 Å². The molecule has 0 aliphatic carbocycles.